The molecule has 0 saturated carbocycles. The van der Waals surface area contributed by atoms with Gasteiger partial charge in [0, 0.05) is 16.3 Å². The number of carbonyl (C=O) groups is 1. The Kier molecular flexibility index (Phi) is 8.50. The summed E-state index contributed by atoms with van der Waals surface area (Å²) in [6.07, 6.45) is -10.2. The highest BCUT2D eigenvalue weighted by Gasteiger charge is 2.37. The van der Waals surface area contributed by atoms with Crippen LogP contribution in [0.2, 0.25) is 5.02 Å². The van der Waals surface area contributed by atoms with E-state index in [0.717, 1.165) is 16.7 Å². The number of hydrogen-bond donors (Lipinski definition) is 1. The normalized spacial score (nSPS) is 12.0. The van der Waals surface area contributed by atoms with Crippen molar-refractivity contribution in [1.82, 2.24) is 20.1 Å². The Morgan fingerprint density at radius 3 is 2.23 bits per heavy atom. The third-order valence-corrected chi connectivity index (χ3v) is 7.05. The van der Waals surface area contributed by atoms with Crippen molar-refractivity contribution >= 4 is 29.3 Å². The first-order valence-corrected chi connectivity index (χ1v) is 13.1. The topological polar surface area (TPSA) is 59.8 Å². The van der Waals surface area contributed by atoms with Crippen LogP contribution in [-0.4, -0.2) is 20.7 Å². The van der Waals surface area contributed by atoms with Crippen LogP contribution >= 0.6 is 23.4 Å². The van der Waals surface area contributed by atoms with E-state index in [1.165, 1.54) is 11.8 Å². The number of thioether (sulfide) groups is 1. The summed E-state index contributed by atoms with van der Waals surface area (Å²) < 4.78 is 81.1. The molecule has 0 aliphatic carbocycles. The maximum Gasteiger partial charge on any atom is 0.416 e. The number of aromatic nitrogens is 3. The number of carbonyl (C=O) groups excluding carboxylic acids is 1. The molecule has 0 atom stereocenters. The van der Waals surface area contributed by atoms with E-state index >= 15 is 0 Å². The second kappa shape index (κ2) is 11.5. The van der Waals surface area contributed by atoms with Crippen LogP contribution in [0.3, 0.4) is 0 Å². The molecule has 0 aliphatic heterocycles. The summed E-state index contributed by atoms with van der Waals surface area (Å²) in [4.78, 5) is 12.8. The Bertz CT molecular complexity index is 1520. The van der Waals surface area contributed by atoms with Gasteiger partial charge in [-0.15, -0.1) is 10.2 Å². The number of halogens is 7. The summed E-state index contributed by atoms with van der Waals surface area (Å²) >= 11 is 7.59. The number of benzene rings is 3. The van der Waals surface area contributed by atoms with Crippen molar-refractivity contribution in [3.05, 3.63) is 105 Å². The van der Waals surface area contributed by atoms with Gasteiger partial charge in [0.15, 0.2) is 11.0 Å². The molecule has 13 heteroatoms. The summed E-state index contributed by atoms with van der Waals surface area (Å²) in [6, 6.07) is 13.7. The molecule has 0 saturated heterocycles. The van der Waals surface area contributed by atoms with Crippen molar-refractivity contribution in [2.75, 3.05) is 0 Å². The van der Waals surface area contributed by atoms with Gasteiger partial charge in [-0.25, -0.2) is 0 Å². The van der Waals surface area contributed by atoms with Crippen molar-refractivity contribution in [3.8, 4) is 5.69 Å². The van der Waals surface area contributed by atoms with Crippen LogP contribution in [0.5, 0.6) is 0 Å². The lowest BCUT2D eigenvalue weighted by atomic mass is 10.0. The Labute approximate surface area is 234 Å². The molecule has 1 amide bonds. The molecular formula is C27H21ClF6N4OS. The monoisotopic (exact) mass is 598 g/mol. The molecule has 0 bridgehead atoms. The van der Waals surface area contributed by atoms with E-state index in [1.54, 1.807) is 22.8 Å². The Morgan fingerprint density at radius 1 is 0.925 bits per heavy atom. The lowest BCUT2D eigenvalue weighted by molar-refractivity contribution is -0.143. The maximum absolute atomic E-state index is 13.2. The van der Waals surface area contributed by atoms with Crippen LogP contribution in [0.4, 0.5) is 26.3 Å². The molecule has 0 spiro atoms. The molecule has 1 N–H and O–H groups in total. The van der Waals surface area contributed by atoms with E-state index < -0.39 is 35.0 Å². The average molecular weight is 599 g/mol. The summed E-state index contributed by atoms with van der Waals surface area (Å²) in [5.74, 6) is -0.396. The lowest BCUT2D eigenvalue weighted by Gasteiger charge is -2.15. The van der Waals surface area contributed by atoms with E-state index in [4.69, 9.17) is 11.6 Å². The van der Waals surface area contributed by atoms with Gasteiger partial charge in [0.05, 0.1) is 23.4 Å². The minimum absolute atomic E-state index is 0.0347. The second-order valence-corrected chi connectivity index (χ2v) is 10.3. The lowest BCUT2D eigenvalue weighted by Crippen LogP contribution is -2.26. The van der Waals surface area contributed by atoms with E-state index in [9.17, 15) is 31.1 Å². The molecule has 0 unspecified atom stereocenters. The zero-order valence-electron chi connectivity index (χ0n) is 21.0. The zero-order chi connectivity index (χ0) is 29.2. The standard InChI is InChI=1S/C27H21ClF6N4OS/c1-15-4-3-5-17(8-15)14-40-25-37-36-23(38(25)22-12-21(28)7-6-16(22)2)13-35-24(39)18-9-19(26(29,30)31)11-20(10-18)27(32,33)34/h3-12H,13-14H2,1-2H3,(H,35,39). The van der Waals surface area contributed by atoms with Gasteiger partial charge in [0.25, 0.3) is 5.91 Å². The first-order chi connectivity index (χ1) is 18.7. The van der Waals surface area contributed by atoms with Gasteiger partial charge in [0.1, 0.15) is 0 Å². The summed E-state index contributed by atoms with van der Waals surface area (Å²) in [5, 5.41) is 11.6. The Morgan fingerprint density at radius 2 is 1.60 bits per heavy atom. The third-order valence-electron chi connectivity index (χ3n) is 5.82. The maximum atomic E-state index is 13.2. The predicted octanol–water partition coefficient (Wildman–Crippen LogP) is 7.80. The first-order valence-electron chi connectivity index (χ1n) is 11.7. The van der Waals surface area contributed by atoms with Crippen molar-refractivity contribution < 1.29 is 31.1 Å². The fourth-order valence-electron chi connectivity index (χ4n) is 3.87. The van der Waals surface area contributed by atoms with Gasteiger partial charge < -0.3 is 5.32 Å². The molecule has 210 valence electrons. The quantitative estimate of drug-likeness (QED) is 0.174. The fraction of sp³-hybridized carbons (Fsp3) is 0.222. The highest BCUT2D eigenvalue weighted by Crippen LogP contribution is 2.36. The van der Waals surface area contributed by atoms with Crippen LogP contribution < -0.4 is 5.32 Å². The molecule has 0 radical (unpaired) electrons. The molecule has 4 aromatic rings. The van der Waals surface area contributed by atoms with E-state index in [-0.39, 0.29) is 18.4 Å². The van der Waals surface area contributed by atoms with Crippen LogP contribution in [-0.2, 0) is 24.7 Å². The number of aryl methyl sites for hydroxylation is 2. The molecule has 3 aromatic carbocycles. The molecule has 40 heavy (non-hydrogen) atoms. The van der Waals surface area contributed by atoms with Crippen LogP contribution in [0, 0.1) is 13.8 Å². The van der Waals surface area contributed by atoms with Crippen molar-refractivity contribution in [2.45, 2.75) is 43.7 Å². The van der Waals surface area contributed by atoms with E-state index in [2.05, 4.69) is 15.5 Å². The van der Waals surface area contributed by atoms with Crippen molar-refractivity contribution in [1.29, 1.82) is 0 Å². The smallest absolute Gasteiger partial charge is 0.345 e. The molecule has 1 heterocycles. The van der Waals surface area contributed by atoms with Gasteiger partial charge >= 0.3 is 12.4 Å². The average Bonchev–Trinajstić information content (AvgIpc) is 3.28. The van der Waals surface area contributed by atoms with E-state index in [1.807, 2.05) is 38.1 Å². The van der Waals surface area contributed by atoms with Crippen LogP contribution in [0.15, 0.2) is 65.8 Å². The zero-order valence-corrected chi connectivity index (χ0v) is 22.6. The molecule has 4 rings (SSSR count). The van der Waals surface area contributed by atoms with Crippen molar-refractivity contribution in [3.63, 3.8) is 0 Å². The van der Waals surface area contributed by atoms with Gasteiger partial charge in [0.2, 0.25) is 0 Å². The number of nitrogens with zero attached hydrogens (tertiary/aromatic N) is 3. The molecule has 0 aliphatic rings. The first kappa shape index (κ1) is 29.5. The van der Waals surface area contributed by atoms with Gasteiger partial charge in [-0.3, -0.25) is 9.36 Å². The molecular weight excluding hydrogens is 578 g/mol. The van der Waals surface area contributed by atoms with Crippen molar-refractivity contribution in [2.24, 2.45) is 0 Å². The number of rotatable bonds is 7. The summed E-state index contributed by atoms with van der Waals surface area (Å²) in [6.45, 7) is 3.46. The Hall–Kier alpha value is -3.51. The predicted molar refractivity (Wildman–Crippen MR) is 139 cm³/mol. The SMILES string of the molecule is Cc1cccc(CSc2nnc(CNC(=O)c3cc(C(F)(F)F)cc(C(F)(F)F)c3)n2-c2cc(Cl)ccc2C)c1. The highest BCUT2D eigenvalue weighted by molar-refractivity contribution is 7.98. The number of nitrogens with one attached hydrogen (secondary N) is 1. The number of alkyl halides is 6. The molecule has 0 fully saturated rings. The second-order valence-electron chi connectivity index (χ2n) is 8.92. The van der Waals surface area contributed by atoms with Gasteiger partial charge in [-0.05, 0) is 55.3 Å². The largest absolute Gasteiger partial charge is 0.416 e. The van der Waals surface area contributed by atoms with Crippen LogP contribution in [0.1, 0.15) is 44.0 Å². The summed E-state index contributed by atoms with van der Waals surface area (Å²) in [5.41, 5.74) is -0.450. The Balaban J connectivity index is 1.65. The fourth-order valence-corrected chi connectivity index (χ4v) is 4.94. The van der Waals surface area contributed by atoms with Gasteiger partial charge in [-0.2, -0.15) is 26.3 Å². The van der Waals surface area contributed by atoms with E-state index in [0.29, 0.717) is 33.8 Å². The highest BCUT2D eigenvalue weighted by atomic mass is 35.5. The third kappa shape index (κ3) is 6.97. The minimum Gasteiger partial charge on any atom is -0.345 e. The van der Waals surface area contributed by atoms with Gasteiger partial charge in [-0.1, -0.05) is 59.3 Å². The number of hydrogen-bond acceptors (Lipinski definition) is 4. The minimum atomic E-state index is -5.08. The molecule has 5 nitrogen and oxygen atoms in total. The summed E-state index contributed by atoms with van der Waals surface area (Å²) in [7, 11) is 0. The van der Waals surface area contributed by atoms with Crippen LogP contribution in [0.25, 0.3) is 5.69 Å². The molecule has 1 aromatic heterocycles. The number of amides is 1.